The van der Waals surface area contributed by atoms with Gasteiger partial charge in [0.05, 0.1) is 13.2 Å². The van der Waals surface area contributed by atoms with Crippen molar-refractivity contribution in [1.82, 2.24) is 19.8 Å². The highest BCUT2D eigenvalue weighted by Gasteiger charge is 2.20. The molecule has 1 saturated heterocycles. The third-order valence-corrected chi connectivity index (χ3v) is 6.45. The van der Waals surface area contributed by atoms with Crippen LogP contribution in [0.5, 0.6) is 0 Å². The van der Waals surface area contributed by atoms with Gasteiger partial charge in [-0.1, -0.05) is 0 Å². The van der Waals surface area contributed by atoms with E-state index in [0.29, 0.717) is 73.4 Å². The molecule has 1 fully saturated rings. The van der Waals surface area contributed by atoms with Gasteiger partial charge >= 0.3 is 6.03 Å². The van der Waals surface area contributed by atoms with Crippen molar-refractivity contribution in [3.8, 4) is 11.4 Å². The zero-order chi connectivity index (χ0) is 29.4. The lowest BCUT2D eigenvalue weighted by Gasteiger charge is -2.29. The van der Waals surface area contributed by atoms with E-state index in [1.54, 1.807) is 60.5 Å². The Kier molecular flexibility index (Phi) is 9.66. The molecule has 0 saturated carbocycles. The van der Waals surface area contributed by atoms with Gasteiger partial charge in [0, 0.05) is 55.7 Å². The third kappa shape index (κ3) is 7.68. The van der Waals surface area contributed by atoms with Crippen molar-refractivity contribution in [2.24, 2.45) is 0 Å². The van der Waals surface area contributed by atoms with E-state index in [1.807, 2.05) is 23.9 Å². The number of morpholine rings is 1. The van der Waals surface area contributed by atoms with Gasteiger partial charge in [0.2, 0.25) is 6.41 Å². The smallest absolute Gasteiger partial charge is 0.323 e. The van der Waals surface area contributed by atoms with Crippen molar-refractivity contribution >= 4 is 41.2 Å². The van der Waals surface area contributed by atoms with Crippen LogP contribution in [0.3, 0.4) is 0 Å². The molecule has 1 aliphatic heterocycles. The average molecular weight is 563 g/mol. The van der Waals surface area contributed by atoms with Gasteiger partial charge in [0.15, 0.2) is 5.82 Å². The summed E-state index contributed by atoms with van der Waals surface area (Å²) in [4.78, 5) is 61.8. The second-order valence-electron chi connectivity index (χ2n) is 9.74. The van der Waals surface area contributed by atoms with E-state index in [4.69, 9.17) is 4.74 Å². The maximum absolute atomic E-state index is 12.7. The van der Waals surface area contributed by atoms with E-state index >= 15 is 0 Å². The highest BCUT2D eigenvalue weighted by molar-refractivity contribution is 6.00. The van der Waals surface area contributed by atoms with E-state index in [2.05, 4.69) is 25.9 Å². The second-order valence-corrected chi connectivity index (χ2v) is 9.74. The number of amides is 4. The highest BCUT2D eigenvalue weighted by atomic mass is 16.5. The van der Waals surface area contributed by atoms with Crippen molar-refractivity contribution < 1.29 is 19.1 Å². The zero-order valence-electron chi connectivity index (χ0n) is 23.3. The molecule has 0 spiro atoms. The highest BCUT2D eigenvalue weighted by Crippen LogP contribution is 2.25. The van der Waals surface area contributed by atoms with Crippen LogP contribution < -0.4 is 26.4 Å². The number of likely N-dealkylation sites (N-methyl/N-ethyl adjacent to an activating group) is 2. The van der Waals surface area contributed by atoms with Crippen molar-refractivity contribution in [1.29, 1.82) is 0 Å². The normalized spacial score (nSPS) is 13.0. The van der Waals surface area contributed by atoms with Gasteiger partial charge in [-0.15, -0.1) is 0 Å². The lowest BCUT2D eigenvalue weighted by atomic mass is 10.2. The Labute approximate surface area is 237 Å². The Morgan fingerprint density at radius 3 is 2.17 bits per heavy atom. The van der Waals surface area contributed by atoms with Crippen molar-refractivity contribution in [3.05, 3.63) is 64.4 Å². The fourth-order valence-electron chi connectivity index (χ4n) is 4.16. The number of carbonyl (C=O) groups is 3. The number of anilines is 4. The molecule has 4 amide bonds. The number of aromatic amines is 1. The first-order chi connectivity index (χ1) is 19.7. The summed E-state index contributed by atoms with van der Waals surface area (Å²) in [6.07, 6.45) is 0.446. The van der Waals surface area contributed by atoms with Gasteiger partial charge in [-0.25, -0.2) is 9.78 Å². The minimum absolute atomic E-state index is 0.0781. The predicted molar refractivity (Wildman–Crippen MR) is 158 cm³/mol. The summed E-state index contributed by atoms with van der Waals surface area (Å²) >= 11 is 0. The van der Waals surface area contributed by atoms with Crippen LogP contribution in [0.15, 0.2) is 53.3 Å². The summed E-state index contributed by atoms with van der Waals surface area (Å²) in [5.74, 6) is 0.602. The topological polar surface area (TPSA) is 152 Å². The summed E-state index contributed by atoms with van der Waals surface area (Å²) in [5, 5.41) is 7.96. The number of nitrogens with zero attached hydrogens (tertiary/aromatic N) is 4. The molecular formula is C28H34N8O5. The van der Waals surface area contributed by atoms with Gasteiger partial charge < -0.3 is 40.4 Å². The first-order valence-electron chi connectivity index (χ1n) is 13.1. The number of hydrogen-bond acceptors (Lipinski definition) is 8. The minimum Gasteiger partial charge on any atom is -0.378 e. The largest absolute Gasteiger partial charge is 0.378 e. The third-order valence-electron chi connectivity index (χ3n) is 6.45. The molecule has 4 rings (SSSR count). The number of nitrogens with one attached hydrogen (secondary N) is 4. The molecule has 216 valence electrons. The Hall–Kier alpha value is -4.75. The minimum atomic E-state index is -0.474. The van der Waals surface area contributed by atoms with Crippen LogP contribution in [0.4, 0.5) is 27.7 Å². The molecular weight excluding hydrogens is 528 g/mol. The first-order valence-corrected chi connectivity index (χ1v) is 13.1. The Balaban J connectivity index is 1.39. The number of rotatable bonds is 10. The fraction of sp³-hybridized carbons (Fsp3) is 0.321. The Morgan fingerprint density at radius 2 is 1.59 bits per heavy atom. The molecule has 1 aromatic heterocycles. The maximum atomic E-state index is 12.7. The Morgan fingerprint density at radius 1 is 0.976 bits per heavy atom. The van der Waals surface area contributed by atoms with Crippen molar-refractivity contribution in [2.75, 3.05) is 81.4 Å². The molecule has 13 nitrogen and oxygen atoms in total. The molecule has 2 heterocycles. The number of H-pyrrole nitrogens is 1. The van der Waals surface area contributed by atoms with Crippen LogP contribution >= 0.6 is 0 Å². The molecule has 0 unspecified atom stereocenters. The molecule has 4 N–H and O–H groups in total. The summed E-state index contributed by atoms with van der Waals surface area (Å²) in [7, 11) is 5.66. The van der Waals surface area contributed by atoms with Gasteiger partial charge in [-0.3, -0.25) is 14.4 Å². The molecule has 2 aromatic carbocycles. The van der Waals surface area contributed by atoms with Crippen molar-refractivity contribution in [2.45, 2.75) is 0 Å². The summed E-state index contributed by atoms with van der Waals surface area (Å²) in [6, 6.07) is 13.1. The van der Waals surface area contributed by atoms with Crippen LogP contribution in [-0.2, 0) is 9.53 Å². The van der Waals surface area contributed by atoms with Gasteiger partial charge in [-0.05, 0) is 62.6 Å². The second kappa shape index (κ2) is 13.5. The fourth-order valence-corrected chi connectivity index (χ4v) is 4.16. The number of carbonyl (C=O) groups excluding carboxylic acids is 3. The van der Waals surface area contributed by atoms with E-state index in [0.717, 1.165) is 6.54 Å². The first kappa shape index (κ1) is 29.2. The lowest BCUT2D eigenvalue weighted by Crippen LogP contribution is -2.38. The lowest BCUT2D eigenvalue weighted by molar-refractivity contribution is -0.105. The van der Waals surface area contributed by atoms with Gasteiger partial charge in [0.25, 0.3) is 11.5 Å². The van der Waals surface area contributed by atoms with Crippen LogP contribution in [0.1, 0.15) is 10.4 Å². The number of urea groups is 1. The number of hydrogen-bond donors (Lipinski definition) is 4. The molecule has 1 aliphatic rings. The maximum Gasteiger partial charge on any atom is 0.323 e. The van der Waals surface area contributed by atoms with Crippen LogP contribution in [-0.4, -0.2) is 98.7 Å². The Bertz CT molecular complexity index is 1420. The molecule has 0 radical (unpaired) electrons. The molecule has 0 atom stereocenters. The zero-order valence-corrected chi connectivity index (χ0v) is 23.3. The van der Waals surface area contributed by atoms with E-state index in [-0.39, 0.29) is 11.6 Å². The SMILES string of the molecule is CN(C)CCN(C)C(=O)c1ccc(NC(=O)Nc2ccc(-c3nc(N4CCOCC4)c(NC=O)c(=O)[nH]3)cc2)cc1. The van der Waals surface area contributed by atoms with E-state index < -0.39 is 11.6 Å². The van der Waals surface area contributed by atoms with Crippen molar-refractivity contribution in [3.63, 3.8) is 0 Å². The molecule has 0 bridgehead atoms. The number of ether oxygens (including phenoxy) is 1. The van der Waals surface area contributed by atoms with Crippen LogP contribution in [0, 0.1) is 0 Å². The van der Waals surface area contributed by atoms with Gasteiger partial charge in [-0.2, -0.15) is 0 Å². The van der Waals surface area contributed by atoms with Crippen LogP contribution in [0.2, 0.25) is 0 Å². The molecule has 13 heteroatoms. The number of aromatic nitrogens is 2. The molecule has 3 aromatic rings. The molecule has 41 heavy (non-hydrogen) atoms. The standard InChI is InChI=1S/C28H34N8O5/c1-34(2)12-13-35(3)27(39)20-6-10-22(11-7-20)31-28(40)30-21-8-4-19(5-9-21)24-32-25(36-14-16-41-17-15-36)23(29-18-37)26(38)33-24/h4-11,18H,12-17H2,1-3H3,(H,29,37)(H2,30,31,40)(H,32,33,38). The monoisotopic (exact) mass is 562 g/mol. The quantitative estimate of drug-likeness (QED) is 0.274. The predicted octanol–water partition coefficient (Wildman–Crippen LogP) is 2.12. The van der Waals surface area contributed by atoms with E-state index in [1.165, 1.54) is 0 Å². The van der Waals surface area contributed by atoms with E-state index in [9.17, 15) is 19.2 Å². The molecule has 0 aliphatic carbocycles. The summed E-state index contributed by atoms with van der Waals surface area (Å²) in [5.41, 5.74) is 1.82. The summed E-state index contributed by atoms with van der Waals surface area (Å²) < 4.78 is 5.38. The number of benzene rings is 2. The summed E-state index contributed by atoms with van der Waals surface area (Å²) in [6.45, 7) is 3.42. The average Bonchev–Trinajstić information content (AvgIpc) is 2.97. The van der Waals surface area contributed by atoms with Gasteiger partial charge in [0.1, 0.15) is 11.5 Å². The van der Waals surface area contributed by atoms with Crippen LogP contribution in [0.25, 0.3) is 11.4 Å².